The SMILES string of the molecule is CCOC(=O)NCCC(=O)NCC(c1ccccc1)c1c[nH]c2ccccc12. The highest BCUT2D eigenvalue weighted by Crippen LogP contribution is 2.30. The molecule has 0 spiro atoms. The van der Waals surface area contributed by atoms with E-state index >= 15 is 0 Å². The Kier molecular flexibility index (Phi) is 6.68. The van der Waals surface area contributed by atoms with Crippen LogP contribution < -0.4 is 10.6 Å². The van der Waals surface area contributed by atoms with Gasteiger partial charge in [-0.2, -0.15) is 0 Å². The molecule has 2 amide bonds. The maximum atomic E-state index is 12.2. The van der Waals surface area contributed by atoms with Gasteiger partial charge in [0.2, 0.25) is 5.91 Å². The number of hydrogen-bond acceptors (Lipinski definition) is 3. The van der Waals surface area contributed by atoms with Crippen molar-refractivity contribution in [2.24, 2.45) is 0 Å². The van der Waals surface area contributed by atoms with Gasteiger partial charge in [0.05, 0.1) is 6.61 Å². The van der Waals surface area contributed by atoms with E-state index in [4.69, 9.17) is 4.74 Å². The summed E-state index contributed by atoms with van der Waals surface area (Å²) in [6.45, 7) is 2.76. The number of para-hydroxylation sites is 1. The van der Waals surface area contributed by atoms with Gasteiger partial charge < -0.3 is 20.4 Å². The molecule has 146 valence electrons. The number of ether oxygens (including phenoxy) is 1. The van der Waals surface area contributed by atoms with Crippen molar-refractivity contribution in [3.05, 3.63) is 71.9 Å². The smallest absolute Gasteiger partial charge is 0.407 e. The fraction of sp³-hybridized carbons (Fsp3) is 0.273. The van der Waals surface area contributed by atoms with Crippen molar-refractivity contribution in [2.75, 3.05) is 19.7 Å². The Morgan fingerprint density at radius 3 is 2.57 bits per heavy atom. The summed E-state index contributed by atoms with van der Waals surface area (Å²) >= 11 is 0. The van der Waals surface area contributed by atoms with Crippen molar-refractivity contribution >= 4 is 22.9 Å². The molecule has 1 unspecified atom stereocenters. The predicted molar refractivity (Wildman–Crippen MR) is 109 cm³/mol. The Balaban J connectivity index is 1.67. The summed E-state index contributed by atoms with van der Waals surface area (Å²) in [4.78, 5) is 26.8. The van der Waals surface area contributed by atoms with E-state index in [1.54, 1.807) is 6.92 Å². The molecule has 0 saturated carbocycles. The molecule has 0 bridgehead atoms. The van der Waals surface area contributed by atoms with E-state index in [-0.39, 0.29) is 24.8 Å². The summed E-state index contributed by atoms with van der Waals surface area (Å²) in [5.74, 6) is -0.0862. The van der Waals surface area contributed by atoms with Crippen LogP contribution in [0.5, 0.6) is 0 Å². The molecule has 0 radical (unpaired) electrons. The zero-order valence-corrected chi connectivity index (χ0v) is 15.9. The van der Waals surface area contributed by atoms with Crippen LogP contribution in [0.25, 0.3) is 10.9 Å². The topological polar surface area (TPSA) is 83.2 Å². The lowest BCUT2D eigenvalue weighted by Gasteiger charge is -2.18. The first-order valence-electron chi connectivity index (χ1n) is 9.47. The highest BCUT2D eigenvalue weighted by molar-refractivity contribution is 5.84. The molecule has 3 N–H and O–H groups in total. The lowest BCUT2D eigenvalue weighted by Crippen LogP contribution is -2.33. The number of fused-ring (bicyclic) bond motifs is 1. The Labute approximate surface area is 164 Å². The van der Waals surface area contributed by atoms with Crippen LogP contribution in [-0.2, 0) is 9.53 Å². The van der Waals surface area contributed by atoms with Crippen LogP contribution >= 0.6 is 0 Å². The lowest BCUT2D eigenvalue weighted by molar-refractivity contribution is -0.120. The van der Waals surface area contributed by atoms with Gasteiger partial charge >= 0.3 is 6.09 Å². The third-order valence-corrected chi connectivity index (χ3v) is 4.60. The average Bonchev–Trinajstić information content (AvgIpc) is 3.13. The van der Waals surface area contributed by atoms with Gasteiger partial charge in [-0.05, 0) is 24.1 Å². The monoisotopic (exact) mass is 379 g/mol. The Morgan fingerprint density at radius 2 is 1.79 bits per heavy atom. The standard InChI is InChI=1S/C22H25N3O3/c1-2-28-22(27)23-13-12-21(26)25-14-18(16-8-4-3-5-9-16)19-15-24-20-11-7-6-10-17(19)20/h3-11,15,18,24H,2,12-14H2,1H3,(H,23,27)(H,25,26). The largest absolute Gasteiger partial charge is 0.450 e. The van der Waals surface area contributed by atoms with Crippen molar-refractivity contribution < 1.29 is 14.3 Å². The van der Waals surface area contributed by atoms with E-state index in [1.165, 1.54) is 0 Å². The predicted octanol–water partition coefficient (Wildman–Crippen LogP) is 3.55. The van der Waals surface area contributed by atoms with Crippen LogP contribution in [0.1, 0.15) is 30.4 Å². The van der Waals surface area contributed by atoms with Gasteiger partial charge in [0.15, 0.2) is 0 Å². The summed E-state index contributed by atoms with van der Waals surface area (Å²) < 4.78 is 4.78. The molecule has 6 heteroatoms. The fourth-order valence-electron chi connectivity index (χ4n) is 3.24. The summed E-state index contributed by atoms with van der Waals surface area (Å²) in [5, 5.41) is 6.70. The number of nitrogens with one attached hydrogen (secondary N) is 3. The zero-order valence-electron chi connectivity index (χ0n) is 15.9. The Morgan fingerprint density at radius 1 is 1.04 bits per heavy atom. The highest BCUT2D eigenvalue weighted by Gasteiger charge is 2.18. The number of carbonyl (C=O) groups is 2. The van der Waals surface area contributed by atoms with Crippen LogP contribution in [0.15, 0.2) is 60.8 Å². The van der Waals surface area contributed by atoms with E-state index in [9.17, 15) is 9.59 Å². The van der Waals surface area contributed by atoms with Crippen molar-refractivity contribution in [2.45, 2.75) is 19.3 Å². The maximum Gasteiger partial charge on any atom is 0.407 e. The van der Waals surface area contributed by atoms with Gasteiger partial charge in [0.25, 0.3) is 0 Å². The quantitative estimate of drug-likeness (QED) is 0.560. The number of aromatic nitrogens is 1. The molecule has 0 saturated heterocycles. The molecule has 6 nitrogen and oxygen atoms in total. The second-order valence-corrected chi connectivity index (χ2v) is 6.45. The summed E-state index contributed by atoms with van der Waals surface area (Å²) in [5.41, 5.74) is 3.35. The molecule has 0 fully saturated rings. The molecule has 1 aromatic heterocycles. The number of carbonyl (C=O) groups excluding carboxylic acids is 2. The molecule has 0 aliphatic heterocycles. The molecular formula is C22H25N3O3. The average molecular weight is 379 g/mol. The summed E-state index contributed by atoms with van der Waals surface area (Å²) in [6, 6.07) is 18.3. The molecule has 3 aromatic rings. The fourth-order valence-corrected chi connectivity index (χ4v) is 3.24. The van der Waals surface area contributed by atoms with Crippen LogP contribution in [-0.4, -0.2) is 36.7 Å². The van der Waals surface area contributed by atoms with Crippen molar-refractivity contribution in [1.29, 1.82) is 0 Å². The van der Waals surface area contributed by atoms with Gasteiger partial charge in [-0.15, -0.1) is 0 Å². The maximum absolute atomic E-state index is 12.2. The number of aromatic amines is 1. The van der Waals surface area contributed by atoms with Crippen molar-refractivity contribution in [3.8, 4) is 0 Å². The van der Waals surface area contributed by atoms with E-state index in [1.807, 2.05) is 42.6 Å². The Bertz CT molecular complexity index is 921. The molecule has 28 heavy (non-hydrogen) atoms. The van der Waals surface area contributed by atoms with Crippen molar-refractivity contribution in [1.82, 2.24) is 15.6 Å². The van der Waals surface area contributed by atoms with E-state index in [2.05, 4.69) is 33.8 Å². The number of benzene rings is 2. The first-order valence-corrected chi connectivity index (χ1v) is 9.47. The highest BCUT2D eigenvalue weighted by atomic mass is 16.5. The van der Waals surface area contributed by atoms with Crippen LogP contribution in [0.2, 0.25) is 0 Å². The minimum Gasteiger partial charge on any atom is -0.450 e. The van der Waals surface area contributed by atoms with Gasteiger partial charge in [0.1, 0.15) is 0 Å². The third-order valence-electron chi connectivity index (χ3n) is 4.60. The number of H-pyrrole nitrogens is 1. The van der Waals surface area contributed by atoms with Crippen LogP contribution in [0.3, 0.4) is 0 Å². The van der Waals surface area contributed by atoms with Crippen LogP contribution in [0.4, 0.5) is 4.79 Å². The van der Waals surface area contributed by atoms with E-state index in [0.29, 0.717) is 13.2 Å². The lowest BCUT2D eigenvalue weighted by atomic mass is 9.91. The van der Waals surface area contributed by atoms with Gasteiger partial charge in [-0.1, -0.05) is 48.5 Å². The second kappa shape index (κ2) is 9.60. The minimum absolute atomic E-state index is 0.0271. The molecule has 0 aliphatic rings. The second-order valence-electron chi connectivity index (χ2n) is 6.45. The number of hydrogen-bond donors (Lipinski definition) is 3. The summed E-state index contributed by atoms with van der Waals surface area (Å²) in [7, 11) is 0. The molecule has 1 atom stereocenters. The summed E-state index contributed by atoms with van der Waals surface area (Å²) in [6.07, 6.45) is 1.71. The van der Waals surface area contributed by atoms with E-state index in [0.717, 1.165) is 22.0 Å². The number of amides is 2. The normalized spacial score (nSPS) is 11.8. The molecule has 1 heterocycles. The Hall–Kier alpha value is -3.28. The third kappa shape index (κ3) is 4.91. The molecule has 2 aromatic carbocycles. The first-order chi connectivity index (χ1) is 13.7. The first kappa shape index (κ1) is 19.5. The number of alkyl carbamates (subject to hydrolysis) is 1. The number of rotatable bonds is 8. The minimum atomic E-state index is -0.503. The van der Waals surface area contributed by atoms with Gasteiger partial charge in [-0.25, -0.2) is 4.79 Å². The molecule has 0 aliphatic carbocycles. The van der Waals surface area contributed by atoms with Gasteiger partial charge in [-0.3, -0.25) is 4.79 Å². The molecular weight excluding hydrogens is 354 g/mol. The van der Waals surface area contributed by atoms with Crippen molar-refractivity contribution in [3.63, 3.8) is 0 Å². The van der Waals surface area contributed by atoms with E-state index < -0.39 is 6.09 Å². The van der Waals surface area contributed by atoms with Crippen LogP contribution in [0, 0.1) is 0 Å². The molecule has 3 rings (SSSR count). The van der Waals surface area contributed by atoms with Gasteiger partial charge in [0, 0.05) is 42.5 Å². The zero-order chi connectivity index (χ0) is 19.8.